The molecule has 0 fully saturated rings. The maximum absolute atomic E-state index is 12.6. The highest BCUT2D eigenvalue weighted by molar-refractivity contribution is 9.10. The number of nitrogens with zero attached hydrogens (tertiary/aromatic N) is 1. The lowest BCUT2D eigenvalue weighted by atomic mass is 10.0. The van der Waals surface area contributed by atoms with Crippen molar-refractivity contribution < 1.29 is 9.53 Å². The molecule has 0 aromatic heterocycles. The van der Waals surface area contributed by atoms with Gasteiger partial charge in [-0.15, -0.1) is 0 Å². The third-order valence-corrected chi connectivity index (χ3v) is 5.68. The Morgan fingerprint density at radius 3 is 2.52 bits per heavy atom. The molecule has 0 bridgehead atoms. The molecule has 0 saturated carbocycles. The number of nitrogens with one attached hydrogen (secondary N) is 1. The number of hydrogen-bond donors (Lipinski definition) is 1. The van der Waals surface area contributed by atoms with Crippen LogP contribution in [0.2, 0.25) is 0 Å². The molecule has 3 rings (SSSR count). The predicted molar refractivity (Wildman–Crippen MR) is 123 cm³/mol. The first kappa shape index (κ1) is 21.1. The number of carbonyl (C=O) groups is 1. The molecule has 0 unspecified atom stereocenters. The summed E-state index contributed by atoms with van der Waals surface area (Å²) in [5.74, 6) is 0.367. The van der Waals surface area contributed by atoms with Gasteiger partial charge in [0.25, 0.3) is 5.91 Å². The van der Waals surface area contributed by atoms with E-state index in [4.69, 9.17) is 4.74 Å². The maximum Gasteiger partial charge on any atom is 0.281 e. The van der Waals surface area contributed by atoms with Crippen molar-refractivity contribution in [3.8, 4) is 5.75 Å². The van der Waals surface area contributed by atoms with Crippen molar-refractivity contribution in [2.75, 3.05) is 0 Å². The summed E-state index contributed by atoms with van der Waals surface area (Å²) in [5, 5.41) is 6.31. The molecule has 0 spiro atoms. The predicted octanol–water partition coefficient (Wildman–Crippen LogP) is 5.84. The van der Waals surface area contributed by atoms with Crippen LogP contribution in [0.15, 0.2) is 58.1 Å². The van der Waals surface area contributed by atoms with E-state index in [1.807, 2.05) is 57.2 Å². The molecule has 1 N–H and O–H groups in total. The van der Waals surface area contributed by atoms with Gasteiger partial charge in [-0.2, -0.15) is 5.10 Å². The minimum Gasteiger partial charge on any atom is -0.479 e. The summed E-state index contributed by atoms with van der Waals surface area (Å²) in [4.78, 5) is 12.6. The molecular weight excluding hydrogens is 428 g/mol. The normalized spacial score (nSPS) is 12.3. The number of fused-ring (bicyclic) bond motifs is 1. The van der Waals surface area contributed by atoms with Gasteiger partial charge < -0.3 is 4.74 Å². The second-order valence-electron chi connectivity index (χ2n) is 7.16. The third-order valence-electron chi connectivity index (χ3n) is 4.87. The van der Waals surface area contributed by atoms with Crippen LogP contribution >= 0.6 is 15.9 Å². The van der Waals surface area contributed by atoms with E-state index in [1.165, 1.54) is 5.56 Å². The summed E-state index contributed by atoms with van der Waals surface area (Å²) < 4.78 is 6.84. The lowest BCUT2D eigenvalue weighted by Gasteiger charge is -2.17. The zero-order chi connectivity index (χ0) is 21.0. The summed E-state index contributed by atoms with van der Waals surface area (Å²) >= 11 is 3.61. The fourth-order valence-electron chi connectivity index (χ4n) is 3.41. The Bertz CT molecular complexity index is 1050. The SMILES string of the molecule is CC[C@H](Oc1ccc2ccccc2c1Br)C(=O)N/N=C\c1c(C)cc(C)cc1C. The summed E-state index contributed by atoms with van der Waals surface area (Å²) in [7, 11) is 0. The van der Waals surface area contributed by atoms with Gasteiger partial charge in [0, 0.05) is 5.56 Å². The van der Waals surface area contributed by atoms with Gasteiger partial charge in [-0.1, -0.05) is 55.0 Å². The van der Waals surface area contributed by atoms with Crippen LogP contribution in [-0.2, 0) is 4.79 Å². The van der Waals surface area contributed by atoms with Gasteiger partial charge in [-0.05, 0) is 71.1 Å². The number of ether oxygens (including phenoxy) is 1. The Morgan fingerprint density at radius 2 is 1.83 bits per heavy atom. The molecule has 3 aromatic rings. The molecular formula is C24H25BrN2O2. The van der Waals surface area contributed by atoms with E-state index in [-0.39, 0.29) is 5.91 Å². The molecule has 0 radical (unpaired) electrons. The van der Waals surface area contributed by atoms with Crippen molar-refractivity contribution in [1.82, 2.24) is 5.43 Å². The molecule has 0 saturated heterocycles. The standard InChI is InChI=1S/C24H25BrN2O2/c1-5-21(29-22-11-10-18-8-6-7-9-19(18)23(22)25)24(28)27-26-14-20-16(3)12-15(2)13-17(20)4/h6-14,21H,5H2,1-4H3,(H,27,28)/b26-14-/t21-/m0/s1. The van der Waals surface area contributed by atoms with Gasteiger partial charge in [-0.25, -0.2) is 5.43 Å². The van der Waals surface area contributed by atoms with Crippen molar-refractivity contribution >= 4 is 38.8 Å². The highest BCUT2D eigenvalue weighted by atomic mass is 79.9. The van der Waals surface area contributed by atoms with E-state index in [0.717, 1.165) is 31.9 Å². The van der Waals surface area contributed by atoms with E-state index >= 15 is 0 Å². The zero-order valence-electron chi connectivity index (χ0n) is 17.1. The van der Waals surface area contributed by atoms with Crippen molar-refractivity contribution in [2.24, 2.45) is 5.10 Å². The van der Waals surface area contributed by atoms with E-state index in [2.05, 4.69) is 45.5 Å². The molecule has 0 aliphatic heterocycles. The Labute approximate surface area is 180 Å². The van der Waals surface area contributed by atoms with E-state index < -0.39 is 6.10 Å². The van der Waals surface area contributed by atoms with Crippen molar-refractivity contribution in [3.05, 3.63) is 75.3 Å². The average Bonchev–Trinajstić information content (AvgIpc) is 2.69. The fourth-order valence-corrected chi connectivity index (χ4v) is 3.99. The third kappa shape index (κ3) is 4.85. The molecule has 3 aromatic carbocycles. The van der Waals surface area contributed by atoms with Gasteiger partial charge >= 0.3 is 0 Å². The molecule has 29 heavy (non-hydrogen) atoms. The summed E-state index contributed by atoms with van der Waals surface area (Å²) in [6.07, 6.45) is 1.59. The summed E-state index contributed by atoms with van der Waals surface area (Å²) in [6.45, 7) is 8.06. The summed E-state index contributed by atoms with van der Waals surface area (Å²) in [5.41, 5.74) is 7.10. The first-order chi connectivity index (χ1) is 13.9. The monoisotopic (exact) mass is 452 g/mol. The number of rotatable bonds is 6. The second-order valence-corrected chi connectivity index (χ2v) is 7.95. The van der Waals surface area contributed by atoms with Crippen LogP contribution in [0.5, 0.6) is 5.75 Å². The van der Waals surface area contributed by atoms with Crippen molar-refractivity contribution in [2.45, 2.75) is 40.2 Å². The number of hydrogen-bond acceptors (Lipinski definition) is 3. The first-order valence-electron chi connectivity index (χ1n) is 9.65. The zero-order valence-corrected chi connectivity index (χ0v) is 18.7. The van der Waals surface area contributed by atoms with Crippen LogP contribution in [0.3, 0.4) is 0 Å². The molecule has 150 valence electrons. The Hall–Kier alpha value is -2.66. The van der Waals surface area contributed by atoms with Crippen molar-refractivity contribution in [3.63, 3.8) is 0 Å². The lowest BCUT2D eigenvalue weighted by Crippen LogP contribution is -2.35. The van der Waals surface area contributed by atoms with Crippen LogP contribution < -0.4 is 10.2 Å². The molecule has 0 aliphatic carbocycles. The van der Waals surface area contributed by atoms with Crippen LogP contribution in [-0.4, -0.2) is 18.2 Å². The smallest absolute Gasteiger partial charge is 0.281 e. The van der Waals surface area contributed by atoms with E-state index in [1.54, 1.807) is 6.21 Å². The lowest BCUT2D eigenvalue weighted by molar-refractivity contribution is -0.128. The van der Waals surface area contributed by atoms with Gasteiger partial charge in [0.05, 0.1) is 10.7 Å². The highest BCUT2D eigenvalue weighted by Crippen LogP contribution is 2.33. The number of aryl methyl sites for hydroxylation is 3. The fraction of sp³-hybridized carbons (Fsp3) is 0.250. The highest BCUT2D eigenvalue weighted by Gasteiger charge is 2.19. The average molecular weight is 453 g/mol. The first-order valence-corrected chi connectivity index (χ1v) is 10.4. The molecule has 0 aliphatic rings. The van der Waals surface area contributed by atoms with Gasteiger partial charge in [0.2, 0.25) is 0 Å². The largest absolute Gasteiger partial charge is 0.479 e. The van der Waals surface area contributed by atoms with Gasteiger partial charge in [0.15, 0.2) is 6.10 Å². The van der Waals surface area contributed by atoms with Crippen LogP contribution in [0.1, 0.15) is 35.6 Å². The second kappa shape index (κ2) is 9.23. The summed E-state index contributed by atoms with van der Waals surface area (Å²) in [6, 6.07) is 16.1. The molecule has 4 nitrogen and oxygen atoms in total. The number of hydrazone groups is 1. The number of carbonyl (C=O) groups excluding carboxylic acids is 1. The van der Waals surface area contributed by atoms with Gasteiger partial charge in [0.1, 0.15) is 5.75 Å². The Balaban J connectivity index is 1.72. The van der Waals surface area contributed by atoms with Crippen LogP contribution in [0.25, 0.3) is 10.8 Å². The topological polar surface area (TPSA) is 50.7 Å². The minimum absolute atomic E-state index is 0.272. The number of benzene rings is 3. The van der Waals surface area contributed by atoms with Crippen LogP contribution in [0, 0.1) is 20.8 Å². The number of halogens is 1. The molecule has 0 heterocycles. The van der Waals surface area contributed by atoms with Crippen molar-refractivity contribution in [1.29, 1.82) is 0 Å². The Kier molecular flexibility index (Phi) is 6.70. The van der Waals surface area contributed by atoms with Gasteiger partial charge in [-0.3, -0.25) is 4.79 Å². The van der Waals surface area contributed by atoms with Crippen LogP contribution in [0.4, 0.5) is 0 Å². The minimum atomic E-state index is -0.634. The Morgan fingerprint density at radius 1 is 1.14 bits per heavy atom. The number of amides is 1. The molecule has 1 amide bonds. The molecule has 1 atom stereocenters. The quantitative estimate of drug-likeness (QED) is 0.377. The molecule has 5 heteroatoms. The van der Waals surface area contributed by atoms with E-state index in [0.29, 0.717) is 12.2 Å². The van der Waals surface area contributed by atoms with E-state index in [9.17, 15) is 4.79 Å². The maximum atomic E-state index is 12.6.